The second-order valence-corrected chi connectivity index (χ2v) is 5.62. The predicted octanol–water partition coefficient (Wildman–Crippen LogP) is 3.37. The van der Waals surface area contributed by atoms with Crippen LogP contribution in [-0.4, -0.2) is 17.2 Å². The lowest BCUT2D eigenvalue weighted by atomic mass is 9.81. The molecular weight excluding hydrogens is 228 g/mol. The van der Waals surface area contributed by atoms with Gasteiger partial charge in [0.05, 0.1) is 12.5 Å². The summed E-state index contributed by atoms with van der Waals surface area (Å²) in [6, 6.07) is 7.79. The first-order valence-electron chi connectivity index (χ1n) is 6.47. The largest absolute Gasteiger partial charge is 0.490 e. The van der Waals surface area contributed by atoms with E-state index in [4.69, 9.17) is 9.84 Å². The van der Waals surface area contributed by atoms with E-state index in [-0.39, 0.29) is 6.42 Å². The van der Waals surface area contributed by atoms with Crippen LogP contribution in [0.4, 0.5) is 0 Å². The van der Waals surface area contributed by atoms with E-state index in [2.05, 4.69) is 0 Å². The number of carboxylic acid groups (broad SMARTS) is 1. The van der Waals surface area contributed by atoms with Crippen molar-refractivity contribution in [1.82, 2.24) is 0 Å². The van der Waals surface area contributed by atoms with Gasteiger partial charge in [0, 0.05) is 11.0 Å². The number of aliphatic carboxylic acids is 1. The van der Waals surface area contributed by atoms with Crippen LogP contribution >= 0.6 is 0 Å². The van der Waals surface area contributed by atoms with Gasteiger partial charge < -0.3 is 9.84 Å². The van der Waals surface area contributed by atoms with Crippen molar-refractivity contribution >= 4 is 5.97 Å². The quantitative estimate of drug-likeness (QED) is 0.869. The lowest BCUT2D eigenvalue weighted by molar-refractivity contribution is -0.138. The van der Waals surface area contributed by atoms with Crippen molar-refractivity contribution in [2.24, 2.45) is 0 Å². The first-order valence-corrected chi connectivity index (χ1v) is 6.47. The van der Waals surface area contributed by atoms with Crippen LogP contribution in [0.5, 0.6) is 5.75 Å². The molecule has 0 radical (unpaired) electrons. The molecule has 1 fully saturated rings. The van der Waals surface area contributed by atoms with Gasteiger partial charge in [-0.3, -0.25) is 4.79 Å². The molecule has 0 saturated heterocycles. The smallest absolute Gasteiger partial charge is 0.304 e. The van der Waals surface area contributed by atoms with Crippen LogP contribution in [0.25, 0.3) is 0 Å². The number of carboxylic acids is 1. The van der Waals surface area contributed by atoms with Crippen molar-refractivity contribution in [3.63, 3.8) is 0 Å². The first-order chi connectivity index (χ1) is 8.49. The van der Waals surface area contributed by atoms with Crippen LogP contribution < -0.4 is 4.74 Å². The van der Waals surface area contributed by atoms with Crippen LogP contribution in [-0.2, 0) is 10.2 Å². The summed E-state index contributed by atoms with van der Waals surface area (Å²) in [5.41, 5.74) is 0.575. The molecule has 18 heavy (non-hydrogen) atoms. The van der Waals surface area contributed by atoms with Gasteiger partial charge in [0.2, 0.25) is 0 Å². The van der Waals surface area contributed by atoms with Gasteiger partial charge in [0.1, 0.15) is 5.75 Å². The average Bonchev–Trinajstić information content (AvgIpc) is 2.22. The van der Waals surface area contributed by atoms with E-state index >= 15 is 0 Å². The van der Waals surface area contributed by atoms with Crippen molar-refractivity contribution in [3.05, 3.63) is 29.8 Å². The maximum Gasteiger partial charge on any atom is 0.304 e. The Morgan fingerprint density at radius 3 is 2.61 bits per heavy atom. The molecule has 98 valence electrons. The van der Waals surface area contributed by atoms with E-state index in [1.807, 2.05) is 38.1 Å². The molecule has 0 aromatic heterocycles. The molecule has 0 spiro atoms. The van der Waals surface area contributed by atoms with Crippen molar-refractivity contribution in [2.45, 2.75) is 51.0 Å². The molecule has 0 unspecified atom stereocenters. The summed E-state index contributed by atoms with van der Waals surface area (Å²) in [5, 5.41) is 9.00. The SMILES string of the molecule is CC(C)(CC(=O)O)c1ccccc1OC1CCC1. The number of ether oxygens (including phenoxy) is 1. The second-order valence-electron chi connectivity index (χ2n) is 5.62. The summed E-state index contributed by atoms with van der Waals surface area (Å²) in [6.07, 6.45) is 3.86. The minimum Gasteiger partial charge on any atom is -0.490 e. The highest BCUT2D eigenvalue weighted by Gasteiger charge is 2.29. The highest BCUT2D eigenvalue weighted by Crippen LogP contribution is 2.36. The highest BCUT2D eigenvalue weighted by atomic mass is 16.5. The number of hydrogen-bond acceptors (Lipinski definition) is 2. The summed E-state index contributed by atoms with van der Waals surface area (Å²) in [4.78, 5) is 10.9. The average molecular weight is 248 g/mol. The normalized spacial score (nSPS) is 16.1. The molecule has 0 aliphatic heterocycles. The van der Waals surface area contributed by atoms with Gasteiger partial charge in [-0.2, -0.15) is 0 Å². The summed E-state index contributed by atoms with van der Waals surface area (Å²) in [6.45, 7) is 3.90. The Bertz CT molecular complexity index is 433. The third-order valence-corrected chi connectivity index (χ3v) is 3.56. The monoisotopic (exact) mass is 248 g/mol. The molecule has 1 N–H and O–H groups in total. The molecule has 1 aromatic rings. The lowest BCUT2D eigenvalue weighted by Gasteiger charge is -2.31. The summed E-state index contributed by atoms with van der Waals surface area (Å²) in [7, 11) is 0. The molecule has 1 aliphatic carbocycles. The zero-order valence-electron chi connectivity index (χ0n) is 11.0. The van der Waals surface area contributed by atoms with Crippen LogP contribution in [0.15, 0.2) is 24.3 Å². The number of carbonyl (C=O) groups is 1. The van der Waals surface area contributed by atoms with E-state index < -0.39 is 11.4 Å². The van der Waals surface area contributed by atoms with Gasteiger partial charge in [-0.1, -0.05) is 32.0 Å². The highest BCUT2D eigenvalue weighted by molar-refractivity contribution is 5.69. The topological polar surface area (TPSA) is 46.5 Å². The molecule has 0 bridgehead atoms. The second kappa shape index (κ2) is 5.01. The molecular formula is C15H20O3. The lowest BCUT2D eigenvalue weighted by Crippen LogP contribution is -2.28. The molecule has 0 heterocycles. The Morgan fingerprint density at radius 2 is 2.06 bits per heavy atom. The number of hydrogen-bond donors (Lipinski definition) is 1. The van der Waals surface area contributed by atoms with Crippen molar-refractivity contribution in [2.75, 3.05) is 0 Å². The molecule has 1 saturated carbocycles. The molecule has 1 aromatic carbocycles. The maximum atomic E-state index is 10.9. The van der Waals surface area contributed by atoms with Crippen LogP contribution in [0.3, 0.4) is 0 Å². The molecule has 1 aliphatic rings. The number of rotatable bonds is 5. The van der Waals surface area contributed by atoms with Gasteiger partial charge in [-0.25, -0.2) is 0 Å². The first kappa shape index (κ1) is 12.9. The molecule has 3 nitrogen and oxygen atoms in total. The van der Waals surface area contributed by atoms with E-state index in [0.717, 1.165) is 24.2 Å². The Balaban J connectivity index is 2.22. The Labute approximate surface area is 108 Å². The Morgan fingerprint density at radius 1 is 1.39 bits per heavy atom. The summed E-state index contributed by atoms with van der Waals surface area (Å²) in [5.74, 6) is 0.0619. The molecule has 3 heteroatoms. The fourth-order valence-corrected chi connectivity index (χ4v) is 2.27. The van der Waals surface area contributed by atoms with Gasteiger partial charge >= 0.3 is 5.97 Å². The third-order valence-electron chi connectivity index (χ3n) is 3.56. The Hall–Kier alpha value is -1.51. The van der Waals surface area contributed by atoms with E-state index in [9.17, 15) is 4.79 Å². The van der Waals surface area contributed by atoms with Crippen LogP contribution in [0.1, 0.15) is 45.1 Å². The molecule has 0 amide bonds. The summed E-state index contributed by atoms with van der Waals surface area (Å²) < 4.78 is 5.96. The number of benzene rings is 1. The van der Waals surface area contributed by atoms with Crippen molar-refractivity contribution in [3.8, 4) is 5.75 Å². The van der Waals surface area contributed by atoms with E-state index in [0.29, 0.717) is 6.10 Å². The zero-order valence-corrected chi connectivity index (χ0v) is 11.0. The number of para-hydroxylation sites is 1. The van der Waals surface area contributed by atoms with Gasteiger partial charge in [-0.15, -0.1) is 0 Å². The van der Waals surface area contributed by atoms with Gasteiger partial charge in [0.15, 0.2) is 0 Å². The maximum absolute atomic E-state index is 10.9. The van der Waals surface area contributed by atoms with Crippen molar-refractivity contribution < 1.29 is 14.6 Å². The fraction of sp³-hybridized carbons (Fsp3) is 0.533. The molecule has 2 rings (SSSR count). The predicted molar refractivity (Wildman–Crippen MR) is 70.0 cm³/mol. The van der Waals surface area contributed by atoms with Gasteiger partial charge in [0.25, 0.3) is 0 Å². The standard InChI is InChI=1S/C15H20O3/c1-15(2,10-14(16)17)12-8-3-4-9-13(12)18-11-6-5-7-11/h3-4,8-9,11H,5-7,10H2,1-2H3,(H,16,17). The zero-order chi connectivity index (χ0) is 13.2. The summed E-state index contributed by atoms with van der Waals surface area (Å²) >= 11 is 0. The van der Waals surface area contributed by atoms with Crippen LogP contribution in [0.2, 0.25) is 0 Å². The minimum atomic E-state index is -0.779. The van der Waals surface area contributed by atoms with E-state index in [1.54, 1.807) is 0 Å². The Kier molecular flexibility index (Phi) is 3.60. The fourth-order valence-electron chi connectivity index (χ4n) is 2.27. The van der Waals surface area contributed by atoms with Gasteiger partial charge in [-0.05, 0) is 25.3 Å². The van der Waals surface area contributed by atoms with E-state index in [1.165, 1.54) is 6.42 Å². The van der Waals surface area contributed by atoms with Crippen LogP contribution in [0, 0.1) is 0 Å². The molecule has 0 atom stereocenters. The minimum absolute atomic E-state index is 0.109. The van der Waals surface area contributed by atoms with Crippen molar-refractivity contribution in [1.29, 1.82) is 0 Å². The third kappa shape index (κ3) is 2.84.